The molecule has 1 fully saturated rings. The number of aromatic nitrogens is 3. The number of ketones is 1. The molecule has 4 rings (SSSR count). The standard InChI is InChI=1S/C27H34N4O4/c1-16-6-11-19(34-5)13-20(16)24(33)21-14-28-25-23(21)26(30-15-29-25)31-18-9-7-17(8-10-18)12-22(32)35-27(2,3)4/h6,11,13-15,17-18H,7-10,12H2,1-5H3,(H2,28,29,30,31). The summed E-state index contributed by atoms with van der Waals surface area (Å²) in [7, 11) is 1.59. The number of rotatable bonds is 7. The van der Waals surface area contributed by atoms with E-state index in [4.69, 9.17) is 9.47 Å². The van der Waals surface area contributed by atoms with E-state index < -0.39 is 5.60 Å². The Hall–Kier alpha value is -3.42. The van der Waals surface area contributed by atoms with Gasteiger partial charge in [0.25, 0.3) is 0 Å². The molecule has 0 atom stereocenters. The van der Waals surface area contributed by atoms with Crippen LogP contribution >= 0.6 is 0 Å². The van der Waals surface area contributed by atoms with Crippen LogP contribution in [-0.4, -0.2) is 45.5 Å². The molecule has 3 aromatic rings. The van der Waals surface area contributed by atoms with E-state index in [2.05, 4.69) is 20.3 Å². The van der Waals surface area contributed by atoms with Gasteiger partial charge in [-0.1, -0.05) is 6.07 Å². The Morgan fingerprint density at radius 3 is 2.54 bits per heavy atom. The molecule has 0 unspecified atom stereocenters. The maximum Gasteiger partial charge on any atom is 0.306 e. The van der Waals surface area contributed by atoms with Crippen molar-refractivity contribution in [2.45, 2.75) is 71.4 Å². The highest BCUT2D eigenvalue weighted by atomic mass is 16.6. The molecule has 0 saturated heterocycles. The lowest BCUT2D eigenvalue weighted by Crippen LogP contribution is -2.29. The van der Waals surface area contributed by atoms with Crippen LogP contribution in [0.2, 0.25) is 0 Å². The van der Waals surface area contributed by atoms with Gasteiger partial charge in [-0.3, -0.25) is 9.59 Å². The highest BCUT2D eigenvalue weighted by Gasteiger charge is 2.27. The van der Waals surface area contributed by atoms with E-state index in [1.807, 2.05) is 39.8 Å². The van der Waals surface area contributed by atoms with E-state index in [1.165, 1.54) is 6.33 Å². The summed E-state index contributed by atoms with van der Waals surface area (Å²) in [5.74, 6) is 1.38. The van der Waals surface area contributed by atoms with E-state index in [-0.39, 0.29) is 17.8 Å². The van der Waals surface area contributed by atoms with E-state index in [9.17, 15) is 9.59 Å². The molecule has 1 aliphatic carbocycles. The summed E-state index contributed by atoms with van der Waals surface area (Å²) in [5, 5.41) is 4.23. The summed E-state index contributed by atoms with van der Waals surface area (Å²) in [6.45, 7) is 7.59. The number of aryl methyl sites for hydroxylation is 1. The first-order chi connectivity index (χ1) is 16.6. The Bertz CT molecular complexity index is 1220. The molecular formula is C27H34N4O4. The van der Waals surface area contributed by atoms with Crippen LogP contribution in [0.4, 0.5) is 5.82 Å². The zero-order chi connectivity index (χ0) is 25.2. The molecule has 0 radical (unpaired) electrons. The van der Waals surface area contributed by atoms with Gasteiger partial charge in [-0.05, 0) is 77.0 Å². The fourth-order valence-corrected chi connectivity index (χ4v) is 4.69. The number of nitrogens with one attached hydrogen (secondary N) is 2. The number of aromatic amines is 1. The van der Waals surface area contributed by atoms with Gasteiger partial charge in [0.05, 0.1) is 18.1 Å². The topological polar surface area (TPSA) is 106 Å². The number of fused-ring (bicyclic) bond motifs is 1. The number of anilines is 1. The average molecular weight is 479 g/mol. The van der Waals surface area contributed by atoms with Crippen LogP contribution in [0.3, 0.4) is 0 Å². The zero-order valence-electron chi connectivity index (χ0n) is 21.1. The first-order valence-electron chi connectivity index (χ1n) is 12.1. The Labute approximate surface area is 205 Å². The van der Waals surface area contributed by atoms with Crippen molar-refractivity contribution in [3.63, 3.8) is 0 Å². The number of benzene rings is 1. The molecule has 2 heterocycles. The van der Waals surface area contributed by atoms with Crippen molar-refractivity contribution >= 4 is 28.6 Å². The van der Waals surface area contributed by atoms with Crippen molar-refractivity contribution in [2.24, 2.45) is 5.92 Å². The molecule has 8 heteroatoms. The molecule has 0 amide bonds. The second-order valence-electron chi connectivity index (χ2n) is 10.3. The largest absolute Gasteiger partial charge is 0.497 e. The van der Waals surface area contributed by atoms with Gasteiger partial charge < -0.3 is 19.8 Å². The van der Waals surface area contributed by atoms with Crippen LogP contribution in [0.25, 0.3) is 11.0 Å². The Morgan fingerprint density at radius 1 is 1.11 bits per heavy atom. The molecular weight excluding hydrogens is 444 g/mol. The first-order valence-corrected chi connectivity index (χ1v) is 12.1. The van der Waals surface area contributed by atoms with E-state index in [1.54, 1.807) is 19.4 Å². The van der Waals surface area contributed by atoms with Gasteiger partial charge in [0.2, 0.25) is 0 Å². The maximum atomic E-state index is 13.5. The van der Waals surface area contributed by atoms with E-state index in [0.29, 0.717) is 46.1 Å². The van der Waals surface area contributed by atoms with Crippen molar-refractivity contribution in [1.82, 2.24) is 15.0 Å². The zero-order valence-corrected chi connectivity index (χ0v) is 21.1. The number of H-pyrrole nitrogens is 1. The molecule has 0 bridgehead atoms. The van der Waals surface area contributed by atoms with Crippen molar-refractivity contribution in [3.8, 4) is 5.75 Å². The molecule has 2 N–H and O–H groups in total. The van der Waals surface area contributed by atoms with Crippen LogP contribution in [0.15, 0.2) is 30.7 Å². The van der Waals surface area contributed by atoms with Crippen molar-refractivity contribution in [2.75, 3.05) is 12.4 Å². The summed E-state index contributed by atoms with van der Waals surface area (Å²) < 4.78 is 10.8. The molecule has 8 nitrogen and oxygen atoms in total. The van der Waals surface area contributed by atoms with Crippen molar-refractivity contribution in [3.05, 3.63) is 47.4 Å². The summed E-state index contributed by atoms with van der Waals surface area (Å²) in [6, 6.07) is 5.70. The van der Waals surface area contributed by atoms with Crippen molar-refractivity contribution in [1.29, 1.82) is 0 Å². The second kappa shape index (κ2) is 10.1. The number of carbonyl (C=O) groups is 2. The minimum Gasteiger partial charge on any atom is -0.497 e. The van der Waals surface area contributed by atoms with Gasteiger partial charge in [0, 0.05) is 24.2 Å². The van der Waals surface area contributed by atoms with Crippen LogP contribution in [0.1, 0.15) is 74.4 Å². The molecule has 1 aromatic carbocycles. The molecule has 186 valence electrons. The van der Waals surface area contributed by atoms with Crippen LogP contribution < -0.4 is 10.1 Å². The monoisotopic (exact) mass is 478 g/mol. The number of methoxy groups -OCH3 is 1. The quantitative estimate of drug-likeness (QED) is 0.355. The Morgan fingerprint density at radius 2 is 1.86 bits per heavy atom. The van der Waals surface area contributed by atoms with Gasteiger partial charge in [0.1, 0.15) is 29.1 Å². The summed E-state index contributed by atoms with van der Waals surface area (Å²) in [4.78, 5) is 37.6. The van der Waals surface area contributed by atoms with Gasteiger partial charge in [-0.15, -0.1) is 0 Å². The fraction of sp³-hybridized carbons (Fsp3) is 0.481. The molecule has 0 aliphatic heterocycles. The lowest BCUT2D eigenvalue weighted by atomic mass is 9.84. The number of hydrogen-bond acceptors (Lipinski definition) is 7. The summed E-state index contributed by atoms with van der Waals surface area (Å²) >= 11 is 0. The lowest BCUT2D eigenvalue weighted by Gasteiger charge is -2.30. The Balaban J connectivity index is 1.48. The summed E-state index contributed by atoms with van der Waals surface area (Å²) in [6.07, 6.45) is 7.37. The first kappa shape index (κ1) is 24.7. The van der Waals surface area contributed by atoms with Crippen LogP contribution in [0.5, 0.6) is 5.75 Å². The minimum absolute atomic E-state index is 0.105. The Kier molecular flexibility index (Phi) is 7.10. The number of nitrogens with zero attached hydrogens (tertiary/aromatic N) is 2. The van der Waals surface area contributed by atoms with Gasteiger partial charge >= 0.3 is 5.97 Å². The van der Waals surface area contributed by atoms with E-state index >= 15 is 0 Å². The fourth-order valence-electron chi connectivity index (χ4n) is 4.69. The van der Waals surface area contributed by atoms with Gasteiger partial charge in [-0.25, -0.2) is 9.97 Å². The van der Waals surface area contributed by atoms with Crippen molar-refractivity contribution < 1.29 is 19.1 Å². The number of carbonyl (C=O) groups excluding carboxylic acids is 2. The molecule has 35 heavy (non-hydrogen) atoms. The molecule has 0 spiro atoms. The van der Waals surface area contributed by atoms with Crippen LogP contribution in [-0.2, 0) is 9.53 Å². The van der Waals surface area contributed by atoms with Gasteiger partial charge in [0.15, 0.2) is 5.78 Å². The lowest BCUT2D eigenvalue weighted by molar-refractivity contribution is -0.156. The smallest absolute Gasteiger partial charge is 0.306 e. The van der Waals surface area contributed by atoms with Crippen LogP contribution in [0, 0.1) is 12.8 Å². The third kappa shape index (κ3) is 5.81. The predicted octanol–water partition coefficient (Wildman–Crippen LogP) is 5.21. The molecule has 1 saturated carbocycles. The average Bonchev–Trinajstić information content (AvgIpc) is 3.24. The highest BCUT2D eigenvalue weighted by Crippen LogP contribution is 2.32. The SMILES string of the molecule is COc1ccc(C)c(C(=O)c2c[nH]c3ncnc(NC4CCC(CC(=O)OC(C)(C)C)CC4)c23)c1. The predicted molar refractivity (Wildman–Crippen MR) is 135 cm³/mol. The maximum absolute atomic E-state index is 13.5. The molecule has 2 aromatic heterocycles. The summed E-state index contributed by atoms with van der Waals surface area (Å²) in [5.41, 5.74) is 2.15. The second-order valence-corrected chi connectivity index (χ2v) is 10.3. The number of esters is 1. The molecule has 1 aliphatic rings. The number of ether oxygens (including phenoxy) is 2. The normalized spacial score (nSPS) is 18.3. The minimum atomic E-state index is -0.455. The third-order valence-corrected chi connectivity index (χ3v) is 6.47. The third-order valence-electron chi connectivity index (χ3n) is 6.47. The van der Waals surface area contributed by atoms with E-state index in [0.717, 1.165) is 31.2 Å². The van der Waals surface area contributed by atoms with Gasteiger partial charge in [-0.2, -0.15) is 0 Å². The number of hydrogen-bond donors (Lipinski definition) is 2. The highest BCUT2D eigenvalue weighted by molar-refractivity contribution is 6.18.